The number of benzene rings is 1. The summed E-state index contributed by atoms with van der Waals surface area (Å²) in [6, 6.07) is 7.59. The van der Waals surface area contributed by atoms with Crippen molar-refractivity contribution in [2.75, 3.05) is 32.5 Å². The molecule has 21 heavy (non-hydrogen) atoms. The van der Waals surface area contributed by atoms with Crippen LogP contribution in [0.4, 0.5) is 10.5 Å². The van der Waals surface area contributed by atoms with Gasteiger partial charge in [0.1, 0.15) is 6.61 Å². The molecule has 114 valence electrons. The molecule has 0 radical (unpaired) electrons. The monoisotopic (exact) mass is 291 g/mol. The van der Waals surface area contributed by atoms with Crippen molar-refractivity contribution in [1.82, 2.24) is 10.2 Å². The van der Waals surface area contributed by atoms with Gasteiger partial charge in [0.25, 0.3) is 0 Å². The molecule has 0 heterocycles. The fraction of sp³-hybridized carbons (Fsp3) is 0.333. The Bertz CT molecular complexity index is 485. The lowest BCUT2D eigenvalue weighted by Gasteiger charge is -2.15. The molecule has 2 amide bonds. The Morgan fingerprint density at radius 2 is 2.00 bits per heavy atom. The van der Waals surface area contributed by atoms with E-state index >= 15 is 0 Å². The number of hydrogen-bond acceptors (Lipinski definition) is 4. The summed E-state index contributed by atoms with van der Waals surface area (Å²) in [6.07, 6.45) is 0.722. The van der Waals surface area contributed by atoms with Gasteiger partial charge in [-0.15, -0.1) is 0 Å². The van der Waals surface area contributed by atoms with Gasteiger partial charge in [0, 0.05) is 32.9 Å². The molecule has 0 atom stereocenters. The molecule has 0 aromatic heterocycles. The van der Waals surface area contributed by atoms with Crippen molar-refractivity contribution in [2.24, 2.45) is 0 Å². The second-order valence-electron chi connectivity index (χ2n) is 4.41. The maximum atomic E-state index is 11.5. The van der Waals surface area contributed by atoms with Crippen LogP contribution in [0.3, 0.4) is 0 Å². The zero-order valence-corrected chi connectivity index (χ0v) is 12.4. The Hall–Kier alpha value is -2.50. The number of rotatable bonds is 7. The normalized spacial score (nSPS) is 9.62. The molecular formula is C15H21N3O3. The van der Waals surface area contributed by atoms with Gasteiger partial charge in [0.2, 0.25) is 5.91 Å². The number of alkyl carbamates (subject to hydrolysis) is 1. The summed E-state index contributed by atoms with van der Waals surface area (Å²) in [5, 5.41) is 5.60. The van der Waals surface area contributed by atoms with Crippen molar-refractivity contribution in [3.05, 3.63) is 42.5 Å². The van der Waals surface area contributed by atoms with Gasteiger partial charge in [0.15, 0.2) is 0 Å². The van der Waals surface area contributed by atoms with Crippen molar-refractivity contribution >= 4 is 17.7 Å². The van der Waals surface area contributed by atoms with Crippen LogP contribution < -0.4 is 10.6 Å². The molecule has 0 saturated carbocycles. The van der Waals surface area contributed by atoms with E-state index in [1.54, 1.807) is 7.05 Å². The second kappa shape index (κ2) is 8.63. The van der Waals surface area contributed by atoms with Gasteiger partial charge in [-0.05, 0) is 23.8 Å². The SMILES string of the molecule is C=CC(=O)N(C)CCNC(=O)OCc1ccc(NC)cc1. The van der Waals surface area contributed by atoms with Crippen LogP contribution in [0, 0.1) is 0 Å². The summed E-state index contributed by atoms with van der Waals surface area (Å²) in [5.74, 6) is -0.185. The van der Waals surface area contributed by atoms with Crippen LogP contribution in [0.2, 0.25) is 0 Å². The third-order valence-corrected chi connectivity index (χ3v) is 2.88. The number of nitrogens with one attached hydrogen (secondary N) is 2. The number of amides is 2. The first-order valence-electron chi connectivity index (χ1n) is 6.61. The molecule has 1 rings (SSSR count). The zero-order valence-electron chi connectivity index (χ0n) is 12.4. The van der Waals surface area contributed by atoms with Gasteiger partial charge in [-0.2, -0.15) is 0 Å². The van der Waals surface area contributed by atoms with Crippen molar-refractivity contribution < 1.29 is 14.3 Å². The molecule has 2 N–H and O–H groups in total. The zero-order chi connectivity index (χ0) is 15.7. The van der Waals surface area contributed by atoms with E-state index in [2.05, 4.69) is 17.2 Å². The first-order valence-corrected chi connectivity index (χ1v) is 6.61. The Kier molecular flexibility index (Phi) is 6.80. The van der Waals surface area contributed by atoms with Crippen LogP contribution in [0.15, 0.2) is 36.9 Å². The van der Waals surface area contributed by atoms with Gasteiger partial charge in [-0.3, -0.25) is 4.79 Å². The van der Waals surface area contributed by atoms with Gasteiger partial charge in [-0.1, -0.05) is 18.7 Å². The average Bonchev–Trinajstić information content (AvgIpc) is 2.52. The van der Waals surface area contributed by atoms with Gasteiger partial charge >= 0.3 is 6.09 Å². The summed E-state index contributed by atoms with van der Waals surface area (Å²) in [4.78, 5) is 24.2. The van der Waals surface area contributed by atoms with Crippen molar-refractivity contribution in [3.8, 4) is 0 Å². The van der Waals surface area contributed by atoms with E-state index < -0.39 is 6.09 Å². The first-order chi connectivity index (χ1) is 10.1. The van der Waals surface area contributed by atoms with E-state index in [0.29, 0.717) is 13.1 Å². The largest absolute Gasteiger partial charge is 0.445 e. The number of carbonyl (C=O) groups excluding carboxylic acids is 2. The lowest BCUT2D eigenvalue weighted by Crippen LogP contribution is -2.35. The van der Waals surface area contributed by atoms with Crippen molar-refractivity contribution in [3.63, 3.8) is 0 Å². The predicted octanol–water partition coefficient (Wildman–Crippen LogP) is 1.60. The van der Waals surface area contributed by atoms with Crippen molar-refractivity contribution in [1.29, 1.82) is 0 Å². The maximum absolute atomic E-state index is 11.5. The highest BCUT2D eigenvalue weighted by Gasteiger charge is 2.06. The van der Waals surface area contributed by atoms with Crippen LogP contribution >= 0.6 is 0 Å². The van der Waals surface area contributed by atoms with Crippen LogP contribution in [-0.2, 0) is 16.1 Å². The number of carbonyl (C=O) groups is 2. The summed E-state index contributed by atoms with van der Waals surface area (Å²) >= 11 is 0. The number of likely N-dealkylation sites (N-methyl/N-ethyl adjacent to an activating group) is 1. The molecule has 0 aliphatic carbocycles. The van der Waals surface area contributed by atoms with Crippen LogP contribution in [-0.4, -0.2) is 44.1 Å². The van der Waals surface area contributed by atoms with E-state index in [-0.39, 0.29) is 12.5 Å². The predicted molar refractivity (Wildman–Crippen MR) is 82.0 cm³/mol. The van der Waals surface area contributed by atoms with E-state index in [4.69, 9.17) is 4.74 Å². The fourth-order valence-electron chi connectivity index (χ4n) is 1.56. The number of hydrogen-bond donors (Lipinski definition) is 2. The first kappa shape index (κ1) is 16.6. The lowest BCUT2D eigenvalue weighted by molar-refractivity contribution is -0.124. The van der Waals surface area contributed by atoms with E-state index in [0.717, 1.165) is 11.3 Å². The highest BCUT2D eigenvalue weighted by molar-refractivity contribution is 5.86. The van der Waals surface area contributed by atoms with E-state index in [1.807, 2.05) is 31.3 Å². The minimum atomic E-state index is -0.507. The smallest absolute Gasteiger partial charge is 0.407 e. The Morgan fingerprint density at radius 1 is 1.33 bits per heavy atom. The third kappa shape index (κ3) is 5.99. The molecule has 0 bridgehead atoms. The maximum Gasteiger partial charge on any atom is 0.407 e. The molecule has 0 spiro atoms. The minimum Gasteiger partial charge on any atom is -0.445 e. The van der Waals surface area contributed by atoms with Gasteiger partial charge in [-0.25, -0.2) is 4.79 Å². The van der Waals surface area contributed by atoms with Gasteiger partial charge in [0.05, 0.1) is 0 Å². The van der Waals surface area contributed by atoms with E-state index in [1.165, 1.54) is 11.0 Å². The second-order valence-corrected chi connectivity index (χ2v) is 4.41. The molecule has 0 fully saturated rings. The lowest BCUT2D eigenvalue weighted by atomic mass is 10.2. The topological polar surface area (TPSA) is 70.7 Å². The number of ether oxygens (including phenoxy) is 1. The summed E-state index contributed by atoms with van der Waals surface area (Å²) in [5.41, 5.74) is 1.90. The van der Waals surface area contributed by atoms with Crippen LogP contribution in [0.5, 0.6) is 0 Å². The van der Waals surface area contributed by atoms with Crippen LogP contribution in [0.1, 0.15) is 5.56 Å². The fourth-order valence-corrected chi connectivity index (χ4v) is 1.56. The standard InChI is InChI=1S/C15H21N3O3/c1-4-14(19)18(3)10-9-17-15(20)21-11-12-5-7-13(16-2)8-6-12/h4-8,16H,1,9-11H2,2-3H3,(H,17,20). The Balaban J connectivity index is 2.24. The molecule has 6 nitrogen and oxygen atoms in total. The minimum absolute atomic E-state index is 0.185. The molecule has 0 aliphatic rings. The molecule has 6 heteroatoms. The van der Waals surface area contributed by atoms with Crippen LogP contribution in [0.25, 0.3) is 0 Å². The number of nitrogens with zero attached hydrogens (tertiary/aromatic N) is 1. The van der Waals surface area contributed by atoms with Crippen molar-refractivity contribution in [2.45, 2.75) is 6.61 Å². The Labute approximate surface area is 124 Å². The number of anilines is 1. The summed E-state index contributed by atoms with van der Waals surface area (Å²) in [7, 11) is 3.48. The molecular weight excluding hydrogens is 270 g/mol. The molecule has 0 unspecified atom stereocenters. The quantitative estimate of drug-likeness (QED) is 0.749. The average molecular weight is 291 g/mol. The molecule has 1 aromatic rings. The molecule has 0 saturated heterocycles. The summed E-state index contributed by atoms with van der Waals surface area (Å²) < 4.78 is 5.08. The third-order valence-electron chi connectivity index (χ3n) is 2.88. The van der Waals surface area contributed by atoms with Gasteiger partial charge < -0.3 is 20.3 Å². The summed E-state index contributed by atoms with van der Waals surface area (Å²) in [6.45, 7) is 4.32. The molecule has 1 aromatic carbocycles. The van der Waals surface area contributed by atoms with E-state index in [9.17, 15) is 9.59 Å². The Morgan fingerprint density at radius 3 is 2.57 bits per heavy atom. The highest BCUT2D eigenvalue weighted by Crippen LogP contribution is 2.09. The highest BCUT2D eigenvalue weighted by atomic mass is 16.5. The molecule has 0 aliphatic heterocycles.